The van der Waals surface area contributed by atoms with Crippen molar-refractivity contribution in [3.05, 3.63) is 11.5 Å². The van der Waals surface area contributed by atoms with Crippen LogP contribution in [-0.2, 0) is 14.3 Å². The molecular formula is C6H10O3S. The molecule has 0 bridgehead atoms. The van der Waals surface area contributed by atoms with Gasteiger partial charge < -0.3 is 0 Å². The van der Waals surface area contributed by atoms with Gasteiger partial charge in [0.15, 0.2) is 0 Å². The van der Waals surface area contributed by atoms with E-state index in [1.54, 1.807) is 19.9 Å². The summed E-state index contributed by atoms with van der Waals surface area (Å²) in [7, 11) is -3.37. The molecule has 4 heteroatoms. The highest BCUT2D eigenvalue weighted by Crippen LogP contribution is 2.23. The highest BCUT2D eigenvalue weighted by molar-refractivity contribution is 7.89. The van der Waals surface area contributed by atoms with Crippen LogP contribution in [-0.4, -0.2) is 14.0 Å². The lowest BCUT2D eigenvalue weighted by atomic mass is 10.1. The van der Waals surface area contributed by atoms with Gasteiger partial charge >= 0.3 is 0 Å². The van der Waals surface area contributed by atoms with Crippen molar-refractivity contribution >= 4 is 10.1 Å². The zero-order valence-electron chi connectivity index (χ0n) is 5.99. The van der Waals surface area contributed by atoms with Crippen LogP contribution in [0, 0.1) is 0 Å². The van der Waals surface area contributed by atoms with Gasteiger partial charge in [-0.1, -0.05) is 6.08 Å². The molecule has 0 atom stereocenters. The van der Waals surface area contributed by atoms with Gasteiger partial charge in [-0.15, -0.1) is 0 Å². The first-order valence-corrected chi connectivity index (χ1v) is 4.51. The number of hydrogen-bond acceptors (Lipinski definition) is 3. The topological polar surface area (TPSA) is 43.4 Å². The van der Waals surface area contributed by atoms with Gasteiger partial charge in [-0.3, -0.25) is 4.18 Å². The third-order valence-electron chi connectivity index (χ3n) is 1.21. The van der Waals surface area contributed by atoms with Crippen molar-refractivity contribution in [2.24, 2.45) is 0 Å². The van der Waals surface area contributed by atoms with Crippen molar-refractivity contribution in [3.63, 3.8) is 0 Å². The molecule has 3 nitrogen and oxygen atoms in total. The maximum atomic E-state index is 10.8. The van der Waals surface area contributed by atoms with Crippen LogP contribution in [0.3, 0.4) is 0 Å². The molecule has 0 spiro atoms. The van der Waals surface area contributed by atoms with Crippen LogP contribution in [0.15, 0.2) is 11.5 Å². The minimum absolute atomic E-state index is 0.562. The van der Waals surface area contributed by atoms with Crippen molar-refractivity contribution in [3.8, 4) is 0 Å². The van der Waals surface area contributed by atoms with Gasteiger partial charge in [-0.2, -0.15) is 8.42 Å². The summed E-state index contributed by atoms with van der Waals surface area (Å²) in [5, 5.41) is 1.10. The van der Waals surface area contributed by atoms with E-state index in [1.807, 2.05) is 0 Å². The predicted molar refractivity (Wildman–Crippen MR) is 37.8 cm³/mol. The molecule has 0 saturated heterocycles. The van der Waals surface area contributed by atoms with E-state index >= 15 is 0 Å². The largest absolute Gasteiger partial charge is 0.290 e. The van der Waals surface area contributed by atoms with Gasteiger partial charge in [0.05, 0.1) is 11.0 Å². The molecule has 0 fully saturated rings. The highest BCUT2D eigenvalue weighted by atomic mass is 32.2. The normalized spacial score (nSPS) is 28.2. The standard InChI is InChI=1S/C6H10O3S/c1-6(2)4-3-5-10(7,8)9-6/h3,5H,4H2,1-2H3. The summed E-state index contributed by atoms with van der Waals surface area (Å²) in [6.07, 6.45) is 2.26. The van der Waals surface area contributed by atoms with Crippen LogP contribution in [0.4, 0.5) is 0 Å². The molecule has 1 aliphatic rings. The summed E-state index contributed by atoms with van der Waals surface area (Å²) in [6, 6.07) is 0. The van der Waals surface area contributed by atoms with E-state index < -0.39 is 15.7 Å². The van der Waals surface area contributed by atoms with Crippen LogP contribution in [0.5, 0.6) is 0 Å². The Hall–Kier alpha value is -0.350. The van der Waals surface area contributed by atoms with E-state index in [0.717, 1.165) is 5.41 Å². The van der Waals surface area contributed by atoms with Crippen LogP contribution in [0.2, 0.25) is 0 Å². The van der Waals surface area contributed by atoms with Crippen molar-refractivity contribution in [1.29, 1.82) is 0 Å². The summed E-state index contributed by atoms with van der Waals surface area (Å²) < 4.78 is 26.3. The summed E-state index contributed by atoms with van der Waals surface area (Å²) in [5.41, 5.74) is -0.562. The molecule has 58 valence electrons. The van der Waals surface area contributed by atoms with E-state index in [2.05, 4.69) is 0 Å². The number of hydrogen-bond donors (Lipinski definition) is 0. The van der Waals surface area contributed by atoms with E-state index in [-0.39, 0.29) is 0 Å². The fraction of sp³-hybridized carbons (Fsp3) is 0.667. The fourth-order valence-electron chi connectivity index (χ4n) is 0.826. The first kappa shape index (κ1) is 7.75. The quantitative estimate of drug-likeness (QED) is 0.500. The zero-order chi connectivity index (χ0) is 7.83. The third-order valence-corrected chi connectivity index (χ3v) is 2.42. The van der Waals surface area contributed by atoms with Gasteiger partial charge in [-0.25, -0.2) is 0 Å². The molecule has 10 heavy (non-hydrogen) atoms. The molecule has 1 heterocycles. The summed E-state index contributed by atoms with van der Waals surface area (Å²) in [4.78, 5) is 0. The van der Waals surface area contributed by atoms with E-state index in [1.165, 1.54) is 0 Å². The molecule has 0 N–H and O–H groups in total. The van der Waals surface area contributed by atoms with Crippen molar-refractivity contribution < 1.29 is 12.6 Å². The average Bonchev–Trinajstić information content (AvgIpc) is 1.56. The molecule has 0 unspecified atom stereocenters. The molecule has 1 aliphatic heterocycles. The molecule has 0 aromatic rings. The van der Waals surface area contributed by atoms with Crippen molar-refractivity contribution in [2.45, 2.75) is 25.9 Å². The third kappa shape index (κ3) is 1.82. The minimum Gasteiger partial charge on any atom is -0.260 e. The molecule has 0 radical (unpaired) electrons. The fourth-order valence-corrected chi connectivity index (χ4v) is 1.91. The Morgan fingerprint density at radius 1 is 1.50 bits per heavy atom. The second-order valence-corrected chi connectivity index (χ2v) is 4.34. The molecular weight excluding hydrogens is 152 g/mol. The van der Waals surface area contributed by atoms with Gasteiger partial charge in [0, 0.05) is 0 Å². The van der Waals surface area contributed by atoms with Crippen LogP contribution >= 0.6 is 0 Å². The lowest BCUT2D eigenvalue weighted by Crippen LogP contribution is -2.29. The van der Waals surface area contributed by atoms with E-state index in [4.69, 9.17) is 4.18 Å². The Kier molecular flexibility index (Phi) is 1.60. The van der Waals surface area contributed by atoms with E-state index in [9.17, 15) is 8.42 Å². The lowest BCUT2D eigenvalue weighted by Gasteiger charge is -2.24. The van der Waals surface area contributed by atoms with E-state index in [0.29, 0.717) is 6.42 Å². The first-order chi connectivity index (χ1) is 4.41. The van der Waals surface area contributed by atoms with Crippen LogP contribution < -0.4 is 0 Å². The molecule has 0 amide bonds. The first-order valence-electron chi connectivity index (χ1n) is 3.03. The number of rotatable bonds is 0. The highest BCUT2D eigenvalue weighted by Gasteiger charge is 2.27. The summed E-state index contributed by atoms with van der Waals surface area (Å²) in [5.74, 6) is 0. The minimum atomic E-state index is -3.37. The molecule has 0 saturated carbocycles. The lowest BCUT2D eigenvalue weighted by molar-refractivity contribution is 0.120. The molecule has 0 aromatic heterocycles. The zero-order valence-corrected chi connectivity index (χ0v) is 6.81. The summed E-state index contributed by atoms with van der Waals surface area (Å²) >= 11 is 0. The second kappa shape index (κ2) is 2.07. The van der Waals surface area contributed by atoms with Gasteiger partial charge in [0.2, 0.25) is 0 Å². The molecule has 0 aliphatic carbocycles. The van der Waals surface area contributed by atoms with Gasteiger partial charge in [-0.05, 0) is 20.3 Å². The van der Waals surface area contributed by atoms with Crippen molar-refractivity contribution in [2.75, 3.05) is 0 Å². The summed E-state index contributed by atoms with van der Waals surface area (Å²) in [6.45, 7) is 3.49. The van der Waals surface area contributed by atoms with Gasteiger partial charge in [0.1, 0.15) is 0 Å². The maximum absolute atomic E-state index is 10.8. The average molecular weight is 162 g/mol. The van der Waals surface area contributed by atoms with Crippen molar-refractivity contribution in [1.82, 2.24) is 0 Å². The molecule has 0 aromatic carbocycles. The van der Waals surface area contributed by atoms with Crippen LogP contribution in [0.25, 0.3) is 0 Å². The van der Waals surface area contributed by atoms with Crippen LogP contribution in [0.1, 0.15) is 20.3 Å². The Labute approximate surface area is 60.8 Å². The monoisotopic (exact) mass is 162 g/mol. The second-order valence-electron chi connectivity index (χ2n) is 2.91. The Balaban J connectivity index is 2.94. The maximum Gasteiger partial charge on any atom is 0.290 e. The Morgan fingerprint density at radius 2 is 2.10 bits per heavy atom. The Bertz CT molecular complexity index is 248. The predicted octanol–water partition coefficient (Wildman–Crippen LogP) is 1.03. The Morgan fingerprint density at radius 3 is 2.40 bits per heavy atom. The van der Waals surface area contributed by atoms with Gasteiger partial charge in [0.25, 0.3) is 10.1 Å². The molecule has 1 rings (SSSR count). The smallest absolute Gasteiger partial charge is 0.260 e. The SMILES string of the molecule is CC1(C)CC=CS(=O)(=O)O1.